The van der Waals surface area contributed by atoms with Gasteiger partial charge in [-0.1, -0.05) is 0 Å². The standard InChI is InChI=1S/C12H18N4O3S/c1-20(18,19)15-8-10-4-2-3-7-16(10)12(17)11-9-13-5-6-14-11/h5-6,9-10,15H,2-4,7-8H2,1H3/t10-/m0/s1. The number of carbonyl (C=O) groups excluding carboxylic acids is 1. The Morgan fingerprint density at radius 3 is 2.90 bits per heavy atom. The van der Waals surface area contributed by atoms with Gasteiger partial charge in [-0.05, 0) is 19.3 Å². The highest BCUT2D eigenvalue weighted by molar-refractivity contribution is 7.88. The van der Waals surface area contributed by atoms with E-state index in [0.29, 0.717) is 12.2 Å². The maximum absolute atomic E-state index is 12.4. The minimum absolute atomic E-state index is 0.131. The van der Waals surface area contributed by atoms with Gasteiger partial charge in [-0.15, -0.1) is 0 Å². The molecule has 0 unspecified atom stereocenters. The lowest BCUT2D eigenvalue weighted by Crippen LogP contribution is -2.49. The third-order valence-corrected chi connectivity index (χ3v) is 3.94. The van der Waals surface area contributed by atoms with Gasteiger partial charge in [0.05, 0.1) is 12.5 Å². The molecule has 1 aromatic rings. The zero-order valence-electron chi connectivity index (χ0n) is 11.3. The van der Waals surface area contributed by atoms with Crippen molar-refractivity contribution in [2.45, 2.75) is 25.3 Å². The topological polar surface area (TPSA) is 92.3 Å². The minimum atomic E-state index is -3.25. The fourth-order valence-electron chi connectivity index (χ4n) is 2.28. The second-order valence-corrected chi connectivity index (χ2v) is 6.69. The van der Waals surface area contributed by atoms with Crippen LogP contribution in [0.1, 0.15) is 29.8 Å². The third-order valence-electron chi connectivity index (χ3n) is 3.25. The van der Waals surface area contributed by atoms with Crippen molar-refractivity contribution < 1.29 is 13.2 Å². The van der Waals surface area contributed by atoms with Crippen molar-refractivity contribution in [2.75, 3.05) is 19.3 Å². The number of nitrogens with zero attached hydrogens (tertiary/aromatic N) is 3. The van der Waals surface area contributed by atoms with E-state index in [0.717, 1.165) is 25.5 Å². The van der Waals surface area contributed by atoms with E-state index in [1.165, 1.54) is 18.6 Å². The summed E-state index contributed by atoms with van der Waals surface area (Å²) in [6.45, 7) is 0.857. The Balaban J connectivity index is 2.09. The van der Waals surface area contributed by atoms with E-state index >= 15 is 0 Å². The van der Waals surface area contributed by atoms with Crippen molar-refractivity contribution >= 4 is 15.9 Å². The molecule has 1 atom stereocenters. The van der Waals surface area contributed by atoms with Gasteiger partial charge in [-0.2, -0.15) is 0 Å². The third kappa shape index (κ3) is 3.97. The van der Waals surface area contributed by atoms with Crippen molar-refractivity contribution in [2.24, 2.45) is 0 Å². The highest BCUT2D eigenvalue weighted by Gasteiger charge is 2.28. The fraction of sp³-hybridized carbons (Fsp3) is 0.583. The largest absolute Gasteiger partial charge is 0.333 e. The summed E-state index contributed by atoms with van der Waals surface area (Å²) in [6.07, 6.45) is 8.22. The number of nitrogens with one attached hydrogen (secondary N) is 1. The summed E-state index contributed by atoms with van der Waals surface area (Å²) in [5.74, 6) is -0.196. The number of hydrogen-bond donors (Lipinski definition) is 1. The van der Waals surface area contributed by atoms with Gasteiger partial charge in [0, 0.05) is 31.5 Å². The van der Waals surface area contributed by atoms with Gasteiger partial charge in [0.2, 0.25) is 10.0 Å². The van der Waals surface area contributed by atoms with Crippen molar-refractivity contribution in [3.05, 3.63) is 24.3 Å². The summed E-state index contributed by atoms with van der Waals surface area (Å²) in [6, 6.07) is -0.131. The van der Waals surface area contributed by atoms with E-state index < -0.39 is 10.0 Å². The zero-order chi connectivity index (χ0) is 14.6. The molecule has 0 saturated carbocycles. The Morgan fingerprint density at radius 2 is 2.25 bits per heavy atom. The molecule has 7 nitrogen and oxygen atoms in total. The summed E-state index contributed by atoms with van der Waals surface area (Å²) in [4.78, 5) is 22.0. The molecule has 1 N–H and O–H groups in total. The minimum Gasteiger partial charge on any atom is -0.333 e. The SMILES string of the molecule is CS(=O)(=O)NC[C@@H]1CCCCN1C(=O)c1cnccn1. The number of piperidine rings is 1. The quantitative estimate of drug-likeness (QED) is 0.846. The van der Waals surface area contributed by atoms with Crippen LogP contribution in [-0.4, -0.2) is 54.6 Å². The molecule has 0 aromatic carbocycles. The molecular formula is C12H18N4O3S. The van der Waals surface area contributed by atoms with Crippen LogP contribution in [0.5, 0.6) is 0 Å². The van der Waals surface area contributed by atoms with Gasteiger partial charge in [0.15, 0.2) is 0 Å². The lowest BCUT2D eigenvalue weighted by atomic mass is 10.0. The Kier molecular flexibility index (Phi) is 4.66. The van der Waals surface area contributed by atoms with Crippen molar-refractivity contribution in [1.29, 1.82) is 0 Å². The van der Waals surface area contributed by atoms with E-state index in [1.54, 1.807) is 4.90 Å². The second kappa shape index (κ2) is 6.27. The van der Waals surface area contributed by atoms with Gasteiger partial charge in [-0.25, -0.2) is 18.1 Å². The van der Waals surface area contributed by atoms with Crippen LogP contribution >= 0.6 is 0 Å². The first-order chi connectivity index (χ1) is 9.47. The number of aromatic nitrogens is 2. The fourth-order valence-corrected chi connectivity index (χ4v) is 2.78. The van der Waals surface area contributed by atoms with Gasteiger partial charge in [0.25, 0.3) is 5.91 Å². The smallest absolute Gasteiger partial charge is 0.274 e. The normalized spacial score (nSPS) is 19.9. The van der Waals surface area contributed by atoms with Crippen LogP contribution in [0.4, 0.5) is 0 Å². The van der Waals surface area contributed by atoms with Crippen LogP contribution in [0.25, 0.3) is 0 Å². The van der Waals surface area contributed by atoms with E-state index in [9.17, 15) is 13.2 Å². The summed E-state index contributed by atoms with van der Waals surface area (Å²) in [5, 5.41) is 0. The first kappa shape index (κ1) is 14.9. The number of rotatable bonds is 4. The average Bonchev–Trinajstić information content (AvgIpc) is 2.45. The molecule has 1 aliphatic heterocycles. The number of likely N-dealkylation sites (tertiary alicyclic amines) is 1. The van der Waals surface area contributed by atoms with E-state index in [-0.39, 0.29) is 18.5 Å². The van der Waals surface area contributed by atoms with Crippen LogP contribution < -0.4 is 4.72 Å². The van der Waals surface area contributed by atoms with E-state index in [1.807, 2.05) is 0 Å². The van der Waals surface area contributed by atoms with Crippen molar-refractivity contribution in [1.82, 2.24) is 19.6 Å². The Hall–Kier alpha value is -1.54. The van der Waals surface area contributed by atoms with Gasteiger partial charge >= 0.3 is 0 Å². The molecule has 110 valence electrons. The lowest BCUT2D eigenvalue weighted by molar-refractivity contribution is 0.0612. The molecule has 0 bridgehead atoms. The summed E-state index contributed by atoms with van der Waals surface area (Å²) in [7, 11) is -3.25. The van der Waals surface area contributed by atoms with Crippen LogP contribution in [0.15, 0.2) is 18.6 Å². The van der Waals surface area contributed by atoms with Crippen LogP contribution in [0.2, 0.25) is 0 Å². The highest BCUT2D eigenvalue weighted by Crippen LogP contribution is 2.18. The van der Waals surface area contributed by atoms with Gasteiger partial charge < -0.3 is 4.90 Å². The molecule has 1 saturated heterocycles. The molecule has 2 heterocycles. The molecule has 2 rings (SSSR count). The molecule has 1 aromatic heterocycles. The lowest BCUT2D eigenvalue weighted by Gasteiger charge is -2.35. The van der Waals surface area contributed by atoms with Crippen LogP contribution in [0.3, 0.4) is 0 Å². The number of carbonyl (C=O) groups is 1. The number of sulfonamides is 1. The van der Waals surface area contributed by atoms with Gasteiger partial charge in [-0.3, -0.25) is 9.78 Å². The molecule has 20 heavy (non-hydrogen) atoms. The van der Waals surface area contributed by atoms with Crippen molar-refractivity contribution in [3.63, 3.8) is 0 Å². The maximum Gasteiger partial charge on any atom is 0.274 e. The highest BCUT2D eigenvalue weighted by atomic mass is 32.2. The summed E-state index contributed by atoms with van der Waals surface area (Å²) >= 11 is 0. The molecular weight excluding hydrogens is 280 g/mol. The Morgan fingerprint density at radius 1 is 1.45 bits per heavy atom. The first-order valence-electron chi connectivity index (χ1n) is 6.49. The molecule has 0 spiro atoms. The molecule has 8 heteroatoms. The molecule has 1 aliphatic rings. The van der Waals surface area contributed by atoms with Crippen LogP contribution in [0, 0.1) is 0 Å². The zero-order valence-corrected chi connectivity index (χ0v) is 12.1. The number of hydrogen-bond acceptors (Lipinski definition) is 5. The van der Waals surface area contributed by atoms with Crippen molar-refractivity contribution in [3.8, 4) is 0 Å². The molecule has 0 radical (unpaired) electrons. The van der Waals surface area contributed by atoms with Crippen LogP contribution in [-0.2, 0) is 10.0 Å². The predicted molar refractivity (Wildman–Crippen MR) is 73.6 cm³/mol. The van der Waals surface area contributed by atoms with Gasteiger partial charge in [0.1, 0.15) is 5.69 Å². The Labute approximate surface area is 118 Å². The number of amides is 1. The second-order valence-electron chi connectivity index (χ2n) is 4.86. The molecule has 1 fully saturated rings. The summed E-state index contributed by atoms with van der Waals surface area (Å²) in [5.41, 5.74) is 0.291. The summed E-state index contributed by atoms with van der Waals surface area (Å²) < 4.78 is 24.8. The molecule has 1 amide bonds. The van der Waals surface area contributed by atoms with E-state index in [2.05, 4.69) is 14.7 Å². The Bertz CT molecular complexity index is 561. The average molecular weight is 298 g/mol. The monoisotopic (exact) mass is 298 g/mol. The predicted octanol–water partition coefficient (Wildman–Crippen LogP) is 0.0205. The maximum atomic E-state index is 12.4. The molecule has 0 aliphatic carbocycles. The van der Waals surface area contributed by atoms with E-state index in [4.69, 9.17) is 0 Å². The first-order valence-corrected chi connectivity index (χ1v) is 8.38.